The number of sulfonamides is 1. The number of nitrogens with zero attached hydrogens (tertiary/aromatic N) is 1. The second-order valence-electron chi connectivity index (χ2n) is 4.93. The lowest BCUT2D eigenvalue weighted by Crippen LogP contribution is -2.26. The first-order valence-corrected chi connectivity index (χ1v) is 8.97. The first kappa shape index (κ1) is 15.4. The van der Waals surface area contributed by atoms with Crippen LogP contribution in [0.25, 0.3) is 0 Å². The van der Waals surface area contributed by atoms with Crippen LogP contribution in [-0.4, -0.2) is 25.4 Å². The van der Waals surface area contributed by atoms with E-state index >= 15 is 0 Å². The number of carbonyl (C=O) groups excluding carboxylic acids is 1. The van der Waals surface area contributed by atoms with Gasteiger partial charge in [-0.05, 0) is 19.3 Å². The molecule has 1 heterocycles. The normalized spacial score (nSPS) is 21.8. The molecule has 0 aliphatic heterocycles. The van der Waals surface area contributed by atoms with E-state index in [4.69, 9.17) is 0 Å². The molecule has 0 spiro atoms. The van der Waals surface area contributed by atoms with Gasteiger partial charge in [-0.1, -0.05) is 31.6 Å². The van der Waals surface area contributed by atoms with Gasteiger partial charge in [0.05, 0.1) is 5.69 Å². The fourth-order valence-corrected chi connectivity index (χ4v) is 4.75. The van der Waals surface area contributed by atoms with Gasteiger partial charge in [0, 0.05) is 12.5 Å². The summed E-state index contributed by atoms with van der Waals surface area (Å²) in [6.45, 7) is 5.42. The monoisotopic (exact) mass is 317 g/mol. The Morgan fingerprint density at radius 2 is 2.15 bits per heavy atom. The number of nitrogens with one attached hydrogen (secondary N) is 2. The van der Waals surface area contributed by atoms with E-state index < -0.39 is 10.0 Å². The van der Waals surface area contributed by atoms with Gasteiger partial charge in [0.25, 0.3) is 10.0 Å². The predicted molar refractivity (Wildman–Crippen MR) is 78.3 cm³/mol. The van der Waals surface area contributed by atoms with Crippen molar-refractivity contribution >= 4 is 32.4 Å². The van der Waals surface area contributed by atoms with Gasteiger partial charge in [-0.15, -0.1) is 0 Å². The highest BCUT2D eigenvalue weighted by atomic mass is 32.2. The highest BCUT2D eigenvalue weighted by Crippen LogP contribution is 2.36. The van der Waals surface area contributed by atoms with Gasteiger partial charge in [-0.3, -0.25) is 4.79 Å². The minimum Gasteiger partial charge on any atom is -0.302 e. The number of hydrogen-bond donors (Lipinski definition) is 2. The van der Waals surface area contributed by atoms with Gasteiger partial charge in [-0.25, -0.2) is 18.1 Å². The largest absolute Gasteiger partial charge is 0.302 e. The molecule has 0 aromatic carbocycles. The summed E-state index contributed by atoms with van der Waals surface area (Å²) in [7, 11) is -3.54. The molecule has 1 aromatic rings. The fraction of sp³-hybridized carbons (Fsp3) is 0.667. The minimum absolute atomic E-state index is 0.0418. The quantitative estimate of drug-likeness (QED) is 0.838. The summed E-state index contributed by atoms with van der Waals surface area (Å²) in [5, 5.41) is 2.92. The van der Waals surface area contributed by atoms with E-state index in [9.17, 15) is 13.2 Å². The van der Waals surface area contributed by atoms with Gasteiger partial charge in [-0.2, -0.15) is 0 Å². The van der Waals surface area contributed by atoms with Crippen molar-refractivity contribution in [2.45, 2.75) is 50.3 Å². The molecular formula is C12H19N3O3S2. The van der Waals surface area contributed by atoms with Crippen LogP contribution in [0.4, 0.5) is 5.13 Å². The Labute approximate surface area is 123 Å². The molecule has 1 fully saturated rings. The topological polar surface area (TPSA) is 88.2 Å². The van der Waals surface area contributed by atoms with Crippen molar-refractivity contribution in [1.29, 1.82) is 0 Å². The summed E-state index contributed by atoms with van der Waals surface area (Å²) in [6.07, 6.45) is 2.21. The number of thiazole rings is 1. The van der Waals surface area contributed by atoms with E-state index in [0.717, 1.165) is 24.2 Å². The highest BCUT2D eigenvalue weighted by molar-refractivity contribution is 7.91. The maximum atomic E-state index is 12.3. The van der Waals surface area contributed by atoms with Gasteiger partial charge in [0.1, 0.15) is 0 Å². The Balaban J connectivity index is 2.13. The number of anilines is 1. The summed E-state index contributed by atoms with van der Waals surface area (Å²) in [6, 6.07) is 0.0418. The van der Waals surface area contributed by atoms with Crippen molar-refractivity contribution in [1.82, 2.24) is 9.71 Å². The fourth-order valence-electron chi connectivity index (χ4n) is 1.99. The third-order valence-corrected chi connectivity index (χ3v) is 6.49. The van der Waals surface area contributed by atoms with Crippen LogP contribution in [-0.2, 0) is 14.8 Å². The van der Waals surface area contributed by atoms with Crippen LogP contribution in [0.1, 0.15) is 38.8 Å². The lowest BCUT2D eigenvalue weighted by atomic mass is 10.3. The van der Waals surface area contributed by atoms with E-state index in [1.807, 2.05) is 0 Å². The Morgan fingerprint density at radius 1 is 1.45 bits per heavy atom. The summed E-state index contributed by atoms with van der Waals surface area (Å²) >= 11 is 0.995. The Bertz CT molecular complexity index is 609. The van der Waals surface area contributed by atoms with Crippen LogP contribution in [0, 0.1) is 12.8 Å². The molecule has 2 N–H and O–H groups in total. The van der Waals surface area contributed by atoms with Crippen molar-refractivity contribution in [3.05, 3.63) is 5.69 Å². The lowest BCUT2D eigenvalue weighted by molar-refractivity contribution is -0.115. The first-order chi connectivity index (χ1) is 9.37. The summed E-state index contributed by atoms with van der Waals surface area (Å²) in [5.41, 5.74) is 0.419. The smallest absolute Gasteiger partial charge is 0.252 e. The van der Waals surface area contributed by atoms with E-state index in [2.05, 4.69) is 21.9 Å². The Morgan fingerprint density at radius 3 is 2.70 bits per heavy atom. The molecule has 0 saturated heterocycles. The van der Waals surface area contributed by atoms with Gasteiger partial charge >= 0.3 is 0 Å². The number of aromatic nitrogens is 1. The van der Waals surface area contributed by atoms with Crippen LogP contribution in [0.15, 0.2) is 4.21 Å². The van der Waals surface area contributed by atoms with Crippen molar-refractivity contribution < 1.29 is 13.2 Å². The molecular weight excluding hydrogens is 298 g/mol. The van der Waals surface area contributed by atoms with Crippen LogP contribution >= 0.6 is 11.3 Å². The van der Waals surface area contributed by atoms with E-state index in [1.54, 1.807) is 13.8 Å². The standard InChI is InChI=1S/C12H19N3O3S2/c1-4-8-6-9(8)15-20(17,18)11-7(3)13-12(19-11)14-10(16)5-2/h8-9,15H,4-6H2,1-3H3,(H,13,14,16)/t8-,9-/m1/s1. The number of hydrogen-bond acceptors (Lipinski definition) is 5. The SMILES string of the molecule is CCC(=O)Nc1nc(C)c(S(=O)(=O)N[C@@H]2C[C@H]2CC)s1. The number of rotatable bonds is 6. The van der Waals surface area contributed by atoms with Crippen molar-refractivity contribution in [2.75, 3.05) is 5.32 Å². The molecule has 0 radical (unpaired) electrons. The van der Waals surface area contributed by atoms with Crippen LogP contribution < -0.4 is 10.0 Å². The minimum atomic E-state index is -3.54. The summed E-state index contributed by atoms with van der Waals surface area (Å²) in [4.78, 5) is 15.4. The molecule has 1 aromatic heterocycles. The summed E-state index contributed by atoms with van der Waals surface area (Å²) < 4.78 is 27.4. The molecule has 6 nitrogen and oxygen atoms in total. The Kier molecular flexibility index (Phi) is 4.46. The van der Waals surface area contributed by atoms with Crippen molar-refractivity contribution in [3.63, 3.8) is 0 Å². The average Bonchev–Trinajstić information content (AvgIpc) is 3.01. The molecule has 2 atom stereocenters. The van der Waals surface area contributed by atoms with Crippen molar-refractivity contribution in [3.8, 4) is 0 Å². The summed E-state index contributed by atoms with van der Waals surface area (Å²) in [5.74, 6) is 0.265. The molecule has 8 heteroatoms. The zero-order valence-electron chi connectivity index (χ0n) is 11.8. The highest BCUT2D eigenvalue weighted by Gasteiger charge is 2.39. The molecule has 1 saturated carbocycles. The molecule has 0 bridgehead atoms. The second kappa shape index (κ2) is 5.79. The van der Waals surface area contributed by atoms with Crippen molar-refractivity contribution in [2.24, 2.45) is 5.92 Å². The molecule has 1 aliphatic carbocycles. The Hall–Kier alpha value is -0.990. The van der Waals surface area contributed by atoms with Crippen LogP contribution in [0.2, 0.25) is 0 Å². The van der Waals surface area contributed by atoms with E-state index in [-0.39, 0.29) is 16.2 Å². The maximum absolute atomic E-state index is 12.3. The molecule has 1 amide bonds. The zero-order chi connectivity index (χ0) is 14.9. The molecule has 0 unspecified atom stereocenters. The third-order valence-electron chi connectivity index (χ3n) is 3.32. The second-order valence-corrected chi connectivity index (χ2v) is 7.83. The third kappa shape index (κ3) is 3.36. The maximum Gasteiger partial charge on any atom is 0.252 e. The number of amides is 1. The van der Waals surface area contributed by atoms with Gasteiger partial charge < -0.3 is 5.32 Å². The van der Waals surface area contributed by atoms with E-state index in [1.165, 1.54) is 0 Å². The molecule has 1 aliphatic rings. The zero-order valence-corrected chi connectivity index (χ0v) is 13.4. The van der Waals surface area contributed by atoms with Gasteiger partial charge in [0.2, 0.25) is 5.91 Å². The number of aryl methyl sites for hydroxylation is 1. The first-order valence-electron chi connectivity index (χ1n) is 6.67. The van der Waals surface area contributed by atoms with Gasteiger partial charge in [0.15, 0.2) is 9.34 Å². The van der Waals surface area contributed by atoms with Crippen LogP contribution in [0.5, 0.6) is 0 Å². The molecule has 20 heavy (non-hydrogen) atoms. The predicted octanol–water partition coefficient (Wildman–Crippen LogP) is 1.88. The average molecular weight is 317 g/mol. The molecule has 2 rings (SSSR count). The van der Waals surface area contributed by atoms with E-state index in [0.29, 0.717) is 23.2 Å². The lowest BCUT2D eigenvalue weighted by Gasteiger charge is -2.03. The van der Waals surface area contributed by atoms with Crippen LogP contribution in [0.3, 0.4) is 0 Å². The number of carbonyl (C=O) groups is 1. The molecule has 112 valence electrons.